The van der Waals surface area contributed by atoms with Gasteiger partial charge in [-0.1, -0.05) is 29.5 Å². The Morgan fingerprint density at radius 1 is 1.06 bits per heavy atom. The number of ether oxygens (including phenoxy) is 1. The lowest BCUT2D eigenvalue weighted by atomic mass is 9.98. The minimum atomic E-state index is -0.227. The predicted octanol–water partition coefficient (Wildman–Crippen LogP) is 3.46. The highest BCUT2D eigenvalue weighted by molar-refractivity contribution is 7.99. The molecule has 0 N–H and O–H groups in total. The van der Waals surface area contributed by atoms with Gasteiger partial charge in [-0.05, 0) is 58.1 Å². The van der Waals surface area contributed by atoms with Crippen molar-refractivity contribution in [1.82, 2.24) is 19.7 Å². The molecule has 4 rings (SSSR count). The summed E-state index contributed by atoms with van der Waals surface area (Å²) in [6.45, 7) is 7.29. The molecule has 0 bridgehead atoms. The summed E-state index contributed by atoms with van der Waals surface area (Å²) >= 11 is 1.41. The molecule has 1 aromatic heterocycles. The normalized spacial score (nSPS) is 18.9. The van der Waals surface area contributed by atoms with Crippen LogP contribution in [0.25, 0.3) is 5.69 Å². The van der Waals surface area contributed by atoms with Gasteiger partial charge in [0.15, 0.2) is 5.16 Å². The highest BCUT2D eigenvalue weighted by Crippen LogP contribution is 2.29. The molecule has 0 aliphatic carbocycles. The molecule has 0 spiro atoms. The molecular weight excluding hydrogens is 438 g/mol. The lowest BCUT2D eigenvalue weighted by Gasteiger charge is -2.31. The number of piperidine rings is 2. The summed E-state index contributed by atoms with van der Waals surface area (Å²) in [4.78, 5) is 29.2. The van der Waals surface area contributed by atoms with Crippen LogP contribution in [0.2, 0.25) is 0 Å². The molecule has 8 nitrogen and oxygen atoms in total. The smallest absolute Gasteiger partial charge is 0.310 e. The van der Waals surface area contributed by atoms with Crippen molar-refractivity contribution < 1.29 is 14.3 Å². The predicted molar refractivity (Wildman–Crippen MR) is 129 cm³/mol. The second-order valence-electron chi connectivity index (χ2n) is 8.72. The molecule has 2 fully saturated rings. The third-order valence-electron chi connectivity index (χ3n) is 6.27. The summed E-state index contributed by atoms with van der Waals surface area (Å²) in [5.41, 5.74) is 2.19. The molecule has 1 amide bonds. The summed E-state index contributed by atoms with van der Waals surface area (Å²) in [7, 11) is 0. The van der Waals surface area contributed by atoms with Gasteiger partial charge in [-0.15, -0.1) is 10.2 Å². The van der Waals surface area contributed by atoms with Gasteiger partial charge in [0.25, 0.3) is 0 Å². The zero-order chi connectivity index (χ0) is 23.2. The third-order valence-corrected chi connectivity index (χ3v) is 7.18. The number of likely N-dealkylation sites (tertiary alicyclic amines) is 1. The van der Waals surface area contributed by atoms with Gasteiger partial charge in [-0.25, -0.2) is 0 Å². The fourth-order valence-electron chi connectivity index (χ4n) is 4.45. The van der Waals surface area contributed by atoms with E-state index in [1.807, 2.05) is 6.92 Å². The standard InChI is InChI=1S/C24H33N5O3S/c1-3-32-22(31)19-8-7-15-28(16-19)21(30)17-33-24-26-25-23(27-13-5-4-6-14-27)29(24)20-11-9-18(2)10-12-20/h9-12,19H,3-8,13-17H2,1-2H3. The Bertz CT molecular complexity index is 956. The molecule has 2 aromatic rings. The molecule has 2 saturated heterocycles. The molecule has 0 saturated carbocycles. The van der Waals surface area contributed by atoms with Crippen LogP contribution in [0.3, 0.4) is 0 Å². The first-order chi connectivity index (χ1) is 16.1. The second-order valence-corrected chi connectivity index (χ2v) is 9.66. The highest BCUT2D eigenvalue weighted by atomic mass is 32.2. The summed E-state index contributed by atoms with van der Waals surface area (Å²) in [6.07, 6.45) is 5.14. The number of rotatable bonds is 7. The number of nitrogens with zero attached hydrogens (tertiary/aromatic N) is 5. The molecule has 1 atom stereocenters. The molecule has 2 aliphatic heterocycles. The molecule has 9 heteroatoms. The quantitative estimate of drug-likeness (QED) is 0.452. The topological polar surface area (TPSA) is 80.6 Å². The number of hydrogen-bond acceptors (Lipinski definition) is 7. The van der Waals surface area contributed by atoms with E-state index in [1.54, 1.807) is 4.90 Å². The number of carbonyl (C=O) groups is 2. The minimum Gasteiger partial charge on any atom is -0.466 e. The van der Waals surface area contributed by atoms with Gasteiger partial charge in [-0.2, -0.15) is 0 Å². The van der Waals surface area contributed by atoms with E-state index in [1.165, 1.54) is 23.7 Å². The van der Waals surface area contributed by atoms with Crippen molar-refractivity contribution in [1.29, 1.82) is 0 Å². The zero-order valence-corrected chi connectivity index (χ0v) is 20.4. The number of anilines is 1. The molecule has 3 heterocycles. The van der Waals surface area contributed by atoms with Crippen molar-refractivity contribution >= 4 is 29.6 Å². The van der Waals surface area contributed by atoms with Gasteiger partial charge in [-0.3, -0.25) is 14.2 Å². The maximum Gasteiger partial charge on any atom is 0.310 e. The molecule has 2 aliphatic rings. The van der Waals surface area contributed by atoms with Crippen LogP contribution in [0.4, 0.5) is 5.95 Å². The van der Waals surface area contributed by atoms with E-state index in [2.05, 4.69) is 50.9 Å². The Morgan fingerprint density at radius 3 is 2.55 bits per heavy atom. The van der Waals surface area contributed by atoms with Crippen LogP contribution in [0, 0.1) is 12.8 Å². The van der Waals surface area contributed by atoms with Gasteiger partial charge in [0, 0.05) is 26.2 Å². The van der Waals surface area contributed by atoms with Crippen LogP contribution in [0.1, 0.15) is 44.6 Å². The molecule has 0 radical (unpaired) electrons. The van der Waals surface area contributed by atoms with E-state index in [9.17, 15) is 9.59 Å². The Morgan fingerprint density at radius 2 is 1.82 bits per heavy atom. The van der Waals surface area contributed by atoms with Crippen molar-refractivity contribution in [2.75, 3.05) is 43.4 Å². The fraction of sp³-hybridized carbons (Fsp3) is 0.583. The summed E-state index contributed by atoms with van der Waals surface area (Å²) in [5, 5.41) is 9.70. The summed E-state index contributed by atoms with van der Waals surface area (Å²) in [5.74, 6) is 0.697. The Hall–Kier alpha value is -2.55. The van der Waals surface area contributed by atoms with Crippen LogP contribution in [0.15, 0.2) is 29.4 Å². The van der Waals surface area contributed by atoms with E-state index in [0.717, 1.165) is 50.4 Å². The van der Waals surface area contributed by atoms with Crippen LogP contribution < -0.4 is 4.90 Å². The van der Waals surface area contributed by atoms with Crippen LogP contribution in [-0.4, -0.2) is 70.1 Å². The number of amides is 1. The van der Waals surface area contributed by atoms with Crippen molar-refractivity contribution in [3.05, 3.63) is 29.8 Å². The van der Waals surface area contributed by atoms with E-state index >= 15 is 0 Å². The Kier molecular flexibility index (Phi) is 7.90. The Labute approximate surface area is 199 Å². The zero-order valence-electron chi connectivity index (χ0n) is 19.5. The van der Waals surface area contributed by atoms with Crippen LogP contribution in [0.5, 0.6) is 0 Å². The van der Waals surface area contributed by atoms with Crippen molar-refractivity contribution in [2.24, 2.45) is 5.92 Å². The van der Waals surface area contributed by atoms with Crippen LogP contribution in [-0.2, 0) is 14.3 Å². The number of aromatic nitrogens is 3. The van der Waals surface area contributed by atoms with E-state index in [-0.39, 0.29) is 23.5 Å². The molecule has 1 aromatic carbocycles. The average Bonchev–Trinajstić information content (AvgIpc) is 3.28. The lowest BCUT2D eigenvalue weighted by molar-refractivity contribution is -0.151. The van der Waals surface area contributed by atoms with Gasteiger partial charge < -0.3 is 14.5 Å². The average molecular weight is 472 g/mol. The van der Waals surface area contributed by atoms with Crippen molar-refractivity contribution in [2.45, 2.75) is 51.1 Å². The molecule has 1 unspecified atom stereocenters. The SMILES string of the molecule is CCOC(=O)C1CCCN(C(=O)CSc2nnc(N3CCCCC3)n2-c2ccc(C)cc2)C1. The second kappa shape index (κ2) is 11.0. The number of esters is 1. The number of aryl methyl sites for hydroxylation is 1. The van der Waals surface area contributed by atoms with Gasteiger partial charge in [0.2, 0.25) is 11.9 Å². The number of benzene rings is 1. The van der Waals surface area contributed by atoms with E-state index < -0.39 is 0 Å². The van der Waals surface area contributed by atoms with Crippen LogP contribution >= 0.6 is 11.8 Å². The lowest BCUT2D eigenvalue weighted by Crippen LogP contribution is -2.43. The molecule has 33 heavy (non-hydrogen) atoms. The highest BCUT2D eigenvalue weighted by Gasteiger charge is 2.30. The number of thioether (sulfide) groups is 1. The largest absolute Gasteiger partial charge is 0.466 e. The first-order valence-corrected chi connectivity index (χ1v) is 12.9. The monoisotopic (exact) mass is 471 g/mol. The maximum absolute atomic E-state index is 13.0. The number of carbonyl (C=O) groups excluding carboxylic acids is 2. The van der Waals surface area contributed by atoms with E-state index in [4.69, 9.17) is 4.74 Å². The van der Waals surface area contributed by atoms with Crippen molar-refractivity contribution in [3.63, 3.8) is 0 Å². The maximum atomic E-state index is 13.0. The third kappa shape index (κ3) is 5.69. The summed E-state index contributed by atoms with van der Waals surface area (Å²) in [6, 6.07) is 8.32. The first kappa shape index (κ1) is 23.6. The molecular formula is C24H33N5O3S. The summed E-state index contributed by atoms with van der Waals surface area (Å²) < 4.78 is 7.23. The Balaban J connectivity index is 1.48. The van der Waals surface area contributed by atoms with Gasteiger partial charge in [0.05, 0.1) is 24.0 Å². The number of hydrogen-bond donors (Lipinski definition) is 0. The minimum absolute atomic E-state index is 0.0203. The van der Waals surface area contributed by atoms with E-state index in [0.29, 0.717) is 24.9 Å². The van der Waals surface area contributed by atoms with Crippen molar-refractivity contribution in [3.8, 4) is 5.69 Å². The fourth-order valence-corrected chi connectivity index (χ4v) is 5.30. The molecule has 178 valence electrons. The first-order valence-electron chi connectivity index (χ1n) is 11.9. The van der Waals surface area contributed by atoms with Gasteiger partial charge in [0.1, 0.15) is 0 Å². The van der Waals surface area contributed by atoms with Gasteiger partial charge >= 0.3 is 5.97 Å².